The Hall–Kier alpha value is -1.32. The first-order valence-electron chi connectivity index (χ1n) is 1.77. The highest BCUT2D eigenvalue weighted by molar-refractivity contribution is 5.89. The van der Waals surface area contributed by atoms with Crippen LogP contribution in [0.15, 0.2) is 12.2 Å². The third-order valence-corrected chi connectivity index (χ3v) is 0.368. The molecule has 0 aromatic heterocycles. The molecule has 0 aliphatic heterocycles. The predicted octanol–water partition coefficient (Wildman–Crippen LogP) is 0.348. The molecule has 0 atom stereocenters. The fraction of sp³-hybridized carbons (Fsp3) is 0.200. The lowest BCUT2D eigenvalue weighted by molar-refractivity contribution is -0.134. The summed E-state index contributed by atoms with van der Waals surface area (Å²) in [6, 6.07) is 0. The summed E-state index contributed by atoms with van der Waals surface area (Å²) in [6.07, 6.45) is 1.12. The lowest BCUT2D eigenvalue weighted by atomic mass is 10.5. The maximum Gasteiger partial charge on any atom is 0.328 e. The smallest absolute Gasteiger partial charge is 0.328 e. The van der Waals surface area contributed by atoms with Crippen LogP contribution in [0.1, 0.15) is 7.43 Å². The van der Waals surface area contributed by atoms with Gasteiger partial charge in [-0.3, -0.25) is 0 Å². The quantitative estimate of drug-likeness (QED) is 0.531. The summed E-state index contributed by atoms with van der Waals surface area (Å²) in [6.45, 7) is 0. The van der Waals surface area contributed by atoms with Gasteiger partial charge in [0.25, 0.3) is 0 Å². The van der Waals surface area contributed by atoms with Gasteiger partial charge in [-0.25, -0.2) is 9.59 Å². The van der Waals surface area contributed by atoms with Crippen LogP contribution in [0, 0.1) is 0 Å². The normalized spacial score (nSPS) is 8.44. The molecule has 0 heterocycles. The molecular formula is C5H8O4. The second-order valence-corrected chi connectivity index (χ2v) is 1.01. The monoisotopic (exact) mass is 132 g/mol. The van der Waals surface area contributed by atoms with Gasteiger partial charge in [0.15, 0.2) is 0 Å². The second-order valence-electron chi connectivity index (χ2n) is 1.01. The maximum absolute atomic E-state index is 9.55. The van der Waals surface area contributed by atoms with E-state index in [9.17, 15) is 9.59 Å². The van der Waals surface area contributed by atoms with Crippen molar-refractivity contribution in [1.29, 1.82) is 0 Å². The Labute approximate surface area is 52.4 Å². The number of rotatable bonds is 2. The first kappa shape index (κ1) is 10.6. The number of carboxylic acids is 2. The summed E-state index contributed by atoms with van der Waals surface area (Å²) in [5, 5.41) is 15.6. The zero-order chi connectivity index (χ0) is 6.57. The van der Waals surface area contributed by atoms with Crippen LogP contribution in [0.2, 0.25) is 0 Å². The minimum Gasteiger partial charge on any atom is -0.478 e. The zero-order valence-corrected chi connectivity index (χ0v) is 3.87. The van der Waals surface area contributed by atoms with Gasteiger partial charge in [-0.2, -0.15) is 0 Å². The van der Waals surface area contributed by atoms with Gasteiger partial charge in [0.2, 0.25) is 0 Å². The van der Waals surface area contributed by atoms with Crippen molar-refractivity contribution in [2.75, 3.05) is 0 Å². The third-order valence-electron chi connectivity index (χ3n) is 0.368. The second kappa shape index (κ2) is 4.83. The Morgan fingerprint density at radius 2 is 1.22 bits per heavy atom. The van der Waals surface area contributed by atoms with Crippen LogP contribution in [-0.2, 0) is 9.59 Å². The van der Waals surface area contributed by atoms with Gasteiger partial charge < -0.3 is 10.2 Å². The van der Waals surface area contributed by atoms with Gasteiger partial charge in [-0.1, -0.05) is 7.43 Å². The molecule has 0 saturated carbocycles. The Balaban J connectivity index is 0. The van der Waals surface area contributed by atoms with E-state index in [2.05, 4.69) is 0 Å². The first-order valence-corrected chi connectivity index (χ1v) is 1.77. The average molecular weight is 132 g/mol. The Morgan fingerprint density at radius 3 is 1.33 bits per heavy atom. The average Bonchev–Trinajstić information content (AvgIpc) is 1.61. The molecule has 4 heteroatoms. The highest BCUT2D eigenvalue weighted by atomic mass is 16.4. The van der Waals surface area contributed by atoms with Crippen LogP contribution < -0.4 is 0 Å². The van der Waals surface area contributed by atoms with Crippen molar-refractivity contribution in [2.24, 2.45) is 0 Å². The zero-order valence-electron chi connectivity index (χ0n) is 3.87. The summed E-state index contributed by atoms with van der Waals surface area (Å²) in [7, 11) is 0. The fourth-order valence-electron chi connectivity index (χ4n) is 0.143. The predicted molar refractivity (Wildman–Crippen MR) is 31.1 cm³/mol. The summed E-state index contributed by atoms with van der Waals surface area (Å²) in [5.41, 5.74) is 0. The van der Waals surface area contributed by atoms with E-state index in [4.69, 9.17) is 10.2 Å². The number of carbonyl (C=O) groups is 2. The minimum absolute atomic E-state index is 0. The Morgan fingerprint density at radius 1 is 1.00 bits per heavy atom. The number of hydrogen-bond donors (Lipinski definition) is 2. The molecule has 0 spiro atoms. The van der Waals surface area contributed by atoms with E-state index in [1.165, 1.54) is 0 Å². The van der Waals surface area contributed by atoms with E-state index in [1.807, 2.05) is 0 Å². The van der Waals surface area contributed by atoms with Crippen molar-refractivity contribution < 1.29 is 19.8 Å². The Bertz CT molecular complexity index is 120. The van der Waals surface area contributed by atoms with Gasteiger partial charge in [0, 0.05) is 12.2 Å². The molecule has 0 bridgehead atoms. The van der Waals surface area contributed by atoms with Crippen LogP contribution in [0.5, 0.6) is 0 Å². The molecule has 0 amide bonds. The molecule has 0 radical (unpaired) electrons. The van der Waals surface area contributed by atoms with Crippen molar-refractivity contribution in [1.82, 2.24) is 0 Å². The molecule has 4 nitrogen and oxygen atoms in total. The lowest BCUT2D eigenvalue weighted by Gasteiger charge is -1.74. The van der Waals surface area contributed by atoms with E-state index in [0.29, 0.717) is 12.2 Å². The Kier molecular flexibility index (Phi) is 5.70. The summed E-state index contributed by atoms with van der Waals surface area (Å²) < 4.78 is 0. The van der Waals surface area contributed by atoms with Crippen molar-refractivity contribution in [2.45, 2.75) is 7.43 Å². The molecule has 0 fully saturated rings. The van der Waals surface area contributed by atoms with Gasteiger partial charge in [-0.15, -0.1) is 0 Å². The minimum atomic E-state index is -1.26. The topological polar surface area (TPSA) is 74.6 Å². The van der Waals surface area contributed by atoms with Gasteiger partial charge >= 0.3 is 11.9 Å². The highest BCUT2D eigenvalue weighted by Gasteiger charge is 1.88. The molecule has 9 heavy (non-hydrogen) atoms. The van der Waals surface area contributed by atoms with Crippen LogP contribution in [0.4, 0.5) is 0 Å². The molecule has 52 valence electrons. The fourth-order valence-corrected chi connectivity index (χ4v) is 0.143. The molecule has 0 aliphatic carbocycles. The molecular weight excluding hydrogens is 124 g/mol. The van der Waals surface area contributed by atoms with E-state index in [-0.39, 0.29) is 7.43 Å². The molecule has 0 aromatic rings. The molecule has 0 unspecified atom stereocenters. The number of aliphatic carboxylic acids is 2. The molecule has 0 saturated heterocycles. The third kappa shape index (κ3) is 10.8. The number of hydrogen-bond acceptors (Lipinski definition) is 2. The first-order chi connectivity index (χ1) is 3.63. The standard InChI is InChI=1S/C4H4O4.CH4/c5-3(6)1-2-4(7)8;/h1-2H,(H,5,6)(H,7,8);1H4. The molecule has 0 rings (SSSR count). The van der Waals surface area contributed by atoms with Crippen LogP contribution in [-0.4, -0.2) is 22.2 Å². The van der Waals surface area contributed by atoms with Gasteiger partial charge in [0.1, 0.15) is 0 Å². The van der Waals surface area contributed by atoms with E-state index < -0.39 is 11.9 Å². The lowest BCUT2D eigenvalue weighted by Crippen LogP contribution is -1.91. The maximum atomic E-state index is 9.55. The van der Waals surface area contributed by atoms with Crippen molar-refractivity contribution in [3.63, 3.8) is 0 Å². The van der Waals surface area contributed by atoms with Gasteiger partial charge in [-0.05, 0) is 0 Å². The van der Waals surface area contributed by atoms with Crippen molar-refractivity contribution in [3.8, 4) is 0 Å². The largest absolute Gasteiger partial charge is 0.478 e. The summed E-state index contributed by atoms with van der Waals surface area (Å²) in [5.74, 6) is -2.51. The van der Waals surface area contributed by atoms with E-state index >= 15 is 0 Å². The van der Waals surface area contributed by atoms with Crippen molar-refractivity contribution >= 4 is 11.9 Å². The highest BCUT2D eigenvalue weighted by Crippen LogP contribution is 1.70. The van der Waals surface area contributed by atoms with Crippen molar-refractivity contribution in [3.05, 3.63) is 12.2 Å². The summed E-state index contributed by atoms with van der Waals surface area (Å²) >= 11 is 0. The van der Waals surface area contributed by atoms with Crippen LogP contribution >= 0.6 is 0 Å². The number of carboxylic acid groups (broad SMARTS) is 2. The molecule has 0 aliphatic rings. The van der Waals surface area contributed by atoms with Gasteiger partial charge in [0.05, 0.1) is 0 Å². The molecule has 0 aromatic carbocycles. The van der Waals surface area contributed by atoms with Crippen LogP contribution in [0.25, 0.3) is 0 Å². The summed E-state index contributed by atoms with van der Waals surface area (Å²) in [4.78, 5) is 19.1. The van der Waals surface area contributed by atoms with Crippen LogP contribution in [0.3, 0.4) is 0 Å². The van der Waals surface area contributed by atoms with E-state index in [0.717, 1.165) is 0 Å². The molecule has 2 N–H and O–H groups in total. The SMILES string of the molecule is C.O=C(O)C=CC(=O)O. The van der Waals surface area contributed by atoms with E-state index in [1.54, 1.807) is 0 Å².